The van der Waals surface area contributed by atoms with Gasteiger partial charge in [0.05, 0.1) is 23.2 Å². The number of fused-ring (bicyclic) bond motifs is 5. The van der Waals surface area contributed by atoms with Gasteiger partial charge in [0.15, 0.2) is 5.82 Å². The number of alkyl halides is 1. The van der Waals surface area contributed by atoms with Gasteiger partial charge in [-0.3, -0.25) is 14.3 Å². The van der Waals surface area contributed by atoms with Crippen molar-refractivity contribution in [3.63, 3.8) is 0 Å². The lowest BCUT2D eigenvalue weighted by Crippen LogP contribution is -2.60. The Morgan fingerprint density at radius 1 is 1.13 bits per heavy atom. The summed E-state index contributed by atoms with van der Waals surface area (Å²) in [6.07, 6.45) is 13.6. The number of ether oxygens (including phenoxy) is 1. The Kier molecular flexibility index (Phi) is 6.99. The summed E-state index contributed by atoms with van der Waals surface area (Å²) >= 11 is 0. The van der Waals surface area contributed by atoms with Gasteiger partial charge >= 0.3 is 6.01 Å². The molecule has 4 aliphatic heterocycles. The lowest BCUT2D eigenvalue weighted by Gasteiger charge is -2.42. The highest BCUT2D eigenvalue weighted by molar-refractivity contribution is 6.03. The van der Waals surface area contributed by atoms with Crippen LogP contribution in [0.5, 0.6) is 11.8 Å². The van der Waals surface area contributed by atoms with Crippen LogP contribution in [0.1, 0.15) is 50.5 Å². The molecule has 4 saturated heterocycles. The van der Waals surface area contributed by atoms with Crippen LogP contribution in [0.15, 0.2) is 30.5 Å². The summed E-state index contributed by atoms with van der Waals surface area (Å²) in [5.74, 6) is 1.33. The molecule has 4 fully saturated rings. The molecule has 0 amide bonds. The molecule has 2 N–H and O–H groups in total. The van der Waals surface area contributed by atoms with Gasteiger partial charge in [0, 0.05) is 41.8 Å². The number of anilines is 1. The van der Waals surface area contributed by atoms with Gasteiger partial charge in [-0.25, -0.2) is 8.78 Å². The molecule has 4 aliphatic rings. The van der Waals surface area contributed by atoms with E-state index in [4.69, 9.17) is 16.1 Å². The van der Waals surface area contributed by atoms with Gasteiger partial charge in [-0.05, 0) is 81.6 Å². The van der Waals surface area contributed by atoms with E-state index in [1.807, 2.05) is 0 Å². The van der Waals surface area contributed by atoms with Gasteiger partial charge in [-0.2, -0.15) is 9.97 Å². The fourth-order valence-corrected chi connectivity index (χ4v) is 8.53. The van der Waals surface area contributed by atoms with E-state index in [-0.39, 0.29) is 51.1 Å². The molecule has 46 heavy (non-hydrogen) atoms. The highest BCUT2D eigenvalue weighted by Crippen LogP contribution is 2.42. The second kappa shape index (κ2) is 11.0. The van der Waals surface area contributed by atoms with Crippen LogP contribution in [0.3, 0.4) is 0 Å². The molecule has 0 radical (unpaired) electrons. The molecule has 2 atom stereocenters. The normalized spacial score (nSPS) is 23.7. The molecule has 4 aromatic rings. The van der Waals surface area contributed by atoms with Crippen LogP contribution in [-0.4, -0.2) is 81.5 Å². The van der Waals surface area contributed by atoms with E-state index in [1.54, 1.807) is 0 Å². The molecule has 8 rings (SSSR count). The van der Waals surface area contributed by atoms with Crippen molar-refractivity contribution in [2.75, 3.05) is 44.4 Å². The first kappa shape index (κ1) is 29.3. The summed E-state index contributed by atoms with van der Waals surface area (Å²) < 4.78 is 51.8. The van der Waals surface area contributed by atoms with Crippen LogP contribution in [0.2, 0.25) is 0 Å². The van der Waals surface area contributed by atoms with E-state index in [9.17, 15) is 13.9 Å². The summed E-state index contributed by atoms with van der Waals surface area (Å²) in [5, 5.41) is 15.3. The van der Waals surface area contributed by atoms with Crippen LogP contribution in [0.4, 0.5) is 19.0 Å². The molecule has 2 bridgehead atoms. The molecule has 11 heteroatoms. The maximum atomic E-state index is 16.9. The zero-order chi connectivity index (χ0) is 31.6. The number of nitrogens with one attached hydrogen (secondary N) is 1. The second-order valence-electron chi connectivity index (χ2n) is 13.4. The predicted octanol–water partition coefficient (Wildman–Crippen LogP) is 5.49. The fraction of sp³-hybridized carbons (Fsp3) is 0.457. The van der Waals surface area contributed by atoms with Gasteiger partial charge in [-0.1, -0.05) is 12.0 Å². The molecule has 0 spiro atoms. The number of phenols is 1. The maximum Gasteiger partial charge on any atom is 0.319 e. The second-order valence-corrected chi connectivity index (χ2v) is 13.4. The minimum absolute atomic E-state index is 0.00206. The lowest BCUT2D eigenvalue weighted by molar-refractivity contribution is 0.108. The van der Waals surface area contributed by atoms with Crippen molar-refractivity contribution in [2.45, 2.75) is 62.1 Å². The summed E-state index contributed by atoms with van der Waals surface area (Å²) in [6.45, 7) is 3.14. The number of piperazine rings is 1. The van der Waals surface area contributed by atoms with Gasteiger partial charge in [0.25, 0.3) is 0 Å². The highest BCUT2D eigenvalue weighted by Gasteiger charge is 2.46. The van der Waals surface area contributed by atoms with Crippen LogP contribution < -0.4 is 15.0 Å². The highest BCUT2D eigenvalue weighted by atomic mass is 19.1. The van der Waals surface area contributed by atoms with Gasteiger partial charge in [0.2, 0.25) is 0 Å². The van der Waals surface area contributed by atoms with Crippen LogP contribution >= 0.6 is 0 Å². The van der Waals surface area contributed by atoms with Crippen LogP contribution in [-0.2, 0) is 0 Å². The van der Waals surface area contributed by atoms with Crippen molar-refractivity contribution in [2.24, 2.45) is 0 Å². The zero-order valence-corrected chi connectivity index (χ0v) is 25.5. The Morgan fingerprint density at radius 3 is 2.74 bits per heavy atom. The third kappa shape index (κ3) is 4.64. The molecule has 6 heterocycles. The monoisotopic (exact) mass is 628 g/mol. The average Bonchev–Trinajstić information content (AvgIpc) is 3.72. The quantitative estimate of drug-likeness (QED) is 0.260. The maximum absolute atomic E-state index is 16.9. The largest absolute Gasteiger partial charge is 0.508 e. The minimum Gasteiger partial charge on any atom is -0.508 e. The summed E-state index contributed by atoms with van der Waals surface area (Å²) in [6, 6.07) is 5.70. The van der Waals surface area contributed by atoms with Crippen molar-refractivity contribution in [1.82, 2.24) is 25.2 Å². The van der Waals surface area contributed by atoms with Gasteiger partial charge in [-0.15, -0.1) is 6.42 Å². The topological polar surface area (TPSA) is 86.6 Å². The number of pyridine rings is 1. The van der Waals surface area contributed by atoms with E-state index in [0.29, 0.717) is 42.7 Å². The van der Waals surface area contributed by atoms with Crippen molar-refractivity contribution in [1.29, 1.82) is 0 Å². The number of benzene rings is 2. The first-order chi connectivity index (χ1) is 22.3. The van der Waals surface area contributed by atoms with E-state index < -0.39 is 23.8 Å². The molecular formula is C35H35F3N6O2. The number of rotatable bonds is 7. The van der Waals surface area contributed by atoms with Crippen molar-refractivity contribution in [3.8, 4) is 35.4 Å². The van der Waals surface area contributed by atoms with E-state index in [0.717, 1.165) is 51.6 Å². The average molecular weight is 629 g/mol. The van der Waals surface area contributed by atoms with Crippen molar-refractivity contribution in [3.05, 3.63) is 47.7 Å². The number of aromatic hydroxyl groups is 1. The standard InChI is InChI=1S/C35H35F3N6O2/c1-2-24-27(37)6-5-21-15-23(45)16-25(28(21)24)30-29(38)31-26(17-39-30)32(43-18-22-7-10-34(19-43,42-22)11-12-36)41-33(40-31)46-20-35-8-3-13-44(35)14-4-9-35/h1,5-6,15-17,22,42,45H,3-4,7-14,18-20H2. The van der Waals surface area contributed by atoms with E-state index in [2.05, 4.69) is 31.0 Å². The third-order valence-corrected chi connectivity index (χ3v) is 10.7. The first-order valence-electron chi connectivity index (χ1n) is 16.1. The summed E-state index contributed by atoms with van der Waals surface area (Å²) in [5.41, 5.74) is -0.499. The van der Waals surface area contributed by atoms with Crippen LogP contribution in [0.25, 0.3) is 32.9 Å². The zero-order valence-electron chi connectivity index (χ0n) is 25.5. The van der Waals surface area contributed by atoms with Crippen molar-refractivity contribution < 1.29 is 23.0 Å². The van der Waals surface area contributed by atoms with Gasteiger partial charge in [0.1, 0.15) is 35.2 Å². The number of hydrogen-bond donors (Lipinski definition) is 2. The Balaban J connectivity index is 1.28. The first-order valence-corrected chi connectivity index (χ1v) is 16.1. The minimum atomic E-state index is -0.761. The van der Waals surface area contributed by atoms with E-state index >= 15 is 4.39 Å². The number of terminal acetylenes is 1. The number of halogens is 3. The molecule has 2 aromatic heterocycles. The number of aromatic nitrogens is 3. The molecule has 2 unspecified atom stereocenters. The smallest absolute Gasteiger partial charge is 0.319 e. The molecule has 0 aliphatic carbocycles. The summed E-state index contributed by atoms with van der Waals surface area (Å²) in [4.78, 5) is 18.5. The predicted molar refractivity (Wildman–Crippen MR) is 170 cm³/mol. The van der Waals surface area contributed by atoms with Crippen molar-refractivity contribution >= 4 is 27.5 Å². The van der Waals surface area contributed by atoms with Crippen LogP contribution in [0, 0.1) is 24.0 Å². The lowest BCUT2D eigenvalue weighted by atomic mass is 9.93. The summed E-state index contributed by atoms with van der Waals surface area (Å²) in [7, 11) is 0. The number of phenolic OH excluding ortho intramolecular Hbond substituents is 1. The van der Waals surface area contributed by atoms with E-state index in [1.165, 1.54) is 30.5 Å². The molecule has 238 valence electrons. The molecular weight excluding hydrogens is 593 g/mol. The Hall–Kier alpha value is -4.14. The third-order valence-electron chi connectivity index (χ3n) is 10.7. The number of nitrogens with zero attached hydrogens (tertiary/aromatic N) is 5. The Bertz CT molecular complexity index is 1900. The number of hydrogen-bond acceptors (Lipinski definition) is 8. The fourth-order valence-electron chi connectivity index (χ4n) is 8.53. The molecule has 2 aromatic carbocycles. The van der Waals surface area contributed by atoms with Gasteiger partial charge < -0.3 is 20.1 Å². The Labute approximate surface area is 265 Å². The molecule has 8 nitrogen and oxygen atoms in total. The Morgan fingerprint density at radius 2 is 1.96 bits per heavy atom. The molecule has 0 saturated carbocycles. The SMILES string of the molecule is C#Cc1c(F)ccc2cc(O)cc(-c3ncc4c(N5CC6CCC(CCF)(C5)N6)nc(OCC56CCCN5CCC6)nc4c3F)c12.